The molecule has 0 aromatic heterocycles. The monoisotopic (exact) mass is 474 g/mol. The molecule has 34 heavy (non-hydrogen) atoms. The van der Waals surface area contributed by atoms with Crippen LogP contribution in [0.1, 0.15) is 19.4 Å². The number of anilines is 2. The lowest BCUT2D eigenvalue weighted by Gasteiger charge is -2.17. The number of nitrogens with one attached hydrogen (secondary N) is 2. The fourth-order valence-electron chi connectivity index (χ4n) is 3.63. The van der Waals surface area contributed by atoms with Crippen molar-refractivity contribution in [2.45, 2.75) is 31.3 Å². The zero-order valence-corrected chi connectivity index (χ0v) is 19.8. The first-order valence-electron chi connectivity index (χ1n) is 11.0. The van der Waals surface area contributed by atoms with Gasteiger partial charge in [0.25, 0.3) is 15.9 Å². The number of rotatable bonds is 8. The summed E-state index contributed by atoms with van der Waals surface area (Å²) in [6, 6.07) is 26.7. The highest BCUT2D eigenvalue weighted by molar-refractivity contribution is 7.92. The molecule has 0 heterocycles. The van der Waals surface area contributed by atoms with Gasteiger partial charge in [0.05, 0.1) is 10.6 Å². The summed E-state index contributed by atoms with van der Waals surface area (Å²) in [5.74, 6) is 0.351. The Morgan fingerprint density at radius 2 is 1.56 bits per heavy atom. The Morgan fingerprint density at radius 3 is 2.32 bits per heavy atom. The molecule has 4 aromatic rings. The van der Waals surface area contributed by atoms with E-state index in [1.54, 1.807) is 31.2 Å². The van der Waals surface area contributed by atoms with Gasteiger partial charge in [-0.2, -0.15) is 0 Å². The van der Waals surface area contributed by atoms with Crippen molar-refractivity contribution in [3.63, 3.8) is 0 Å². The van der Waals surface area contributed by atoms with Gasteiger partial charge >= 0.3 is 0 Å². The van der Waals surface area contributed by atoms with E-state index in [0.29, 0.717) is 17.1 Å². The summed E-state index contributed by atoms with van der Waals surface area (Å²) >= 11 is 0. The lowest BCUT2D eigenvalue weighted by Crippen LogP contribution is -2.30. The number of benzene rings is 4. The zero-order valence-electron chi connectivity index (χ0n) is 19.0. The van der Waals surface area contributed by atoms with E-state index in [1.165, 1.54) is 12.1 Å². The lowest BCUT2D eigenvalue weighted by molar-refractivity contribution is -0.122. The Bertz CT molecular complexity index is 1410. The van der Waals surface area contributed by atoms with Crippen LogP contribution in [0.5, 0.6) is 5.75 Å². The summed E-state index contributed by atoms with van der Waals surface area (Å²) in [6.45, 7) is 3.70. The van der Waals surface area contributed by atoms with E-state index >= 15 is 0 Å². The van der Waals surface area contributed by atoms with Crippen molar-refractivity contribution in [1.82, 2.24) is 0 Å². The highest BCUT2D eigenvalue weighted by atomic mass is 32.2. The summed E-state index contributed by atoms with van der Waals surface area (Å²) in [6.07, 6.45) is 0.0805. The van der Waals surface area contributed by atoms with Crippen LogP contribution in [0.15, 0.2) is 95.9 Å². The molecule has 6 nitrogen and oxygen atoms in total. The zero-order chi connectivity index (χ0) is 24.1. The number of carbonyl (C=O) groups is 1. The Balaban J connectivity index is 1.44. The maximum absolute atomic E-state index is 12.9. The third-order valence-electron chi connectivity index (χ3n) is 5.49. The molecule has 0 radical (unpaired) electrons. The minimum atomic E-state index is -3.80. The van der Waals surface area contributed by atoms with E-state index in [0.717, 1.165) is 22.8 Å². The fraction of sp³-hybridized carbons (Fsp3) is 0.148. The Morgan fingerprint density at radius 1 is 0.882 bits per heavy atom. The molecule has 0 aliphatic heterocycles. The van der Waals surface area contributed by atoms with Gasteiger partial charge in [0.1, 0.15) is 5.75 Å². The third kappa shape index (κ3) is 5.21. The van der Waals surface area contributed by atoms with Gasteiger partial charge in [-0.15, -0.1) is 0 Å². The second-order valence-electron chi connectivity index (χ2n) is 7.87. The van der Waals surface area contributed by atoms with Gasteiger partial charge in [-0.25, -0.2) is 8.42 Å². The van der Waals surface area contributed by atoms with E-state index < -0.39 is 16.1 Å². The van der Waals surface area contributed by atoms with Crippen LogP contribution >= 0.6 is 0 Å². The largest absolute Gasteiger partial charge is 0.481 e. The smallest absolute Gasteiger partial charge is 0.265 e. The maximum atomic E-state index is 12.9. The Hall–Kier alpha value is -3.84. The standard InChI is InChI=1S/C27H26N2O4S/c1-3-20-9-5-7-14-26(20)33-19(2)27(30)28-22-15-17-23(18-16-22)34(31,32)29-25-13-8-11-21-10-4-6-12-24(21)25/h4-19,29H,3H2,1-2H3,(H,28,30). The summed E-state index contributed by atoms with van der Waals surface area (Å²) in [7, 11) is -3.80. The number of hydrogen-bond acceptors (Lipinski definition) is 4. The van der Waals surface area contributed by atoms with Crippen LogP contribution in [0, 0.1) is 0 Å². The topological polar surface area (TPSA) is 84.5 Å². The van der Waals surface area contributed by atoms with Gasteiger partial charge in [0, 0.05) is 11.1 Å². The molecule has 0 saturated carbocycles. The van der Waals surface area contributed by atoms with Crippen LogP contribution in [-0.2, 0) is 21.2 Å². The van der Waals surface area contributed by atoms with Crippen LogP contribution in [0.25, 0.3) is 10.8 Å². The maximum Gasteiger partial charge on any atom is 0.265 e. The summed E-state index contributed by atoms with van der Waals surface area (Å²) in [5, 5.41) is 4.53. The van der Waals surface area contributed by atoms with E-state index in [1.807, 2.05) is 61.5 Å². The predicted molar refractivity (Wildman–Crippen MR) is 136 cm³/mol. The molecule has 1 atom stereocenters. The van der Waals surface area contributed by atoms with E-state index in [2.05, 4.69) is 10.0 Å². The van der Waals surface area contributed by atoms with Crippen molar-refractivity contribution in [1.29, 1.82) is 0 Å². The van der Waals surface area contributed by atoms with Crippen LogP contribution in [0.4, 0.5) is 11.4 Å². The SMILES string of the molecule is CCc1ccccc1OC(C)C(=O)Nc1ccc(S(=O)(=O)Nc2cccc3ccccc23)cc1. The van der Waals surface area contributed by atoms with Crippen molar-refractivity contribution in [3.8, 4) is 5.75 Å². The van der Waals surface area contributed by atoms with E-state index in [-0.39, 0.29) is 10.8 Å². The van der Waals surface area contributed by atoms with Gasteiger partial charge in [0.2, 0.25) is 0 Å². The third-order valence-corrected chi connectivity index (χ3v) is 6.87. The molecular formula is C27H26N2O4S. The molecule has 0 aliphatic carbocycles. The molecular weight excluding hydrogens is 448 g/mol. The lowest BCUT2D eigenvalue weighted by atomic mass is 10.1. The normalized spacial score (nSPS) is 12.2. The second-order valence-corrected chi connectivity index (χ2v) is 9.55. The molecule has 0 fully saturated rings. The van der Waals surface area contributed by atoms with Crippen molar-refractivity contribution < 1.29 is 17.9 Å². The molecule has 174 valence electrons. The average Bonchev–Trinajstić information content (AvgIpc) is 2.84. The molecule has 0 saturated heterocycles. The first kappa shape index (κ1) is 23.3. The number of fused-ring (bicyclic) bond motifs is 1. The van der Waals surface area contributed by atoms with Crippen molar-refractivity contribution in [2.75, 3.05) is 10.0 Å². The van der Waals surface area contributed by atoms with E-state index in [9.17, 15) is 13.2 Å². The number of ether oxygens (including phenoxy) is 1. The number of carbonyl (C=O) groups excluding carboxylic acids is 1. The van der Waals surface area contributed by atoms with Gasteiger partial charge < -0.3 is 10.1 Å². The van der Waals surface area contributed by atoms with Crippen molar-refractivity contribution in [2.24, 2.45) is 0 Å². The number of amides is 1. The summed E-state index contributed by atoms with van der Waals surface area (Å²) < 4.78 is 34.4. The number of aryl methyl sites for hydroxylation is 1. The van der Waals surface area contributed by atoms with Crippen molar-refractivity contribution >= 4 is 38.1 Å². The number of para-hydroxylation sites is 1. The minimum absolute atomic E-state index is 0.0969. The van der Waals surface area contributed by atoms with Gasteiger partial charge in [-0.3, -0.25) is 9.52 Å². The Kier molecular flexibility index (Phi) is 6.84. The molecule has 0 bridgehead atoms. The Labute approximate surface area is 199 Å². The fourth-order valence-corrected chi connectivity index (χ4v) is 4.71. The highest BCUT2D eigenvalue weighted by Crippen LogP contribution is 2.26. The second kappa shape index (κ2) is 9.97. The molecule has 1 amide bonds. The van der Waals surface area contributed by atoms with Crippen molar-refractivity contribution in [3.05, 3.63) is 96.6 Å². The first-order valence-corrected chi connectivity index (χ1v) is 12.5. The van der Waals surface area contributed by atoms with Crippen LogP contribution in [0.2, 0.25) is 0 Å². The predicted octanol–water partition coefficient (Wildman–Crippen LogP) is 5.61. The average molecular weight is 475 g/mol. The van der Waals surface area contributed by atoms with Gasteiger partial charge in [-0.1, -0.05) is 61.5 Å². The van der Waals surface area contributed by atoms with E-state index in [4.69, 9.17) is 4.74 Å². The molecule has 0 spiro atoms. The molecule has 0 aliphatic rings. The minimum Gasteiger partial charge on any atom is -0.481 e. The highest BCUT2D eigenvalue weighted by Gasteiger charge is 2.18. The number of sulfonamides is 1. The summed E-state index contributed by atoms with van der Waals surface area (Å²) in [5.41, 5.74) is 2.01. The number of hydrogen-bond donors (Lipinski definition) is 2. The first-order chi connectivity index (χ1) is 16.4. The summed E-state index contributed by atoms with van der Waals surface area (Å²) in [4.78, 5) is 12.7. The molecule has 7 heteroatoms. The van der Waals surface area contributed by atoms with Crippen LogP contribution < -0.4 is 14.8 Å². The van der Waals surface area contributed by atoms with Gasteiger partial charge in [0.15, 0.2) is 6.10 Å². The molecule has 2 N–H and O–H groups in total. The molecule has 1 unspecified atom stereocenters. The molecule has 4 aromatic carbocycles. The quantitative estimate of drug-likeness (QED) is 0.348. The van der Waals surface area contributed by atoms with Gasteiger partial charge in [-0.05, 0) is 60.7 Å². The van der Waals surface area contributed by atoms with Crippen LogP contribution in [0.3, 0.4) is 0 Å². The molecule has 4 rings (SSSR count). The van der Waals surface area contributed by atoms with Crippen LogP contribution in [-0.4, -0.2) is 20.4 Å².